The molecule has 2 heterocycles. The number of nitrogens with zero attached hydrogens (tertiary/aromatic N) is 2. The number of thiophene rings is 1. The molecular formula is C25H26N4OS. The van der Waals surface area contributed by atoms with E-state index >= 15 is 0 Å². The fourth-order valence-corrected chi connectivity index (χ4v) is 4.34. The lowest BCUT2D eigenvalue weighted by atomic mass is 9.97. The number of amides is 1. The van der Waals surface area contributed by atoms with Crippen LogP contribution in [-0.4, -0.2) is 15.7 Å². The minimum atomic E-state index is -0.163. The number of aryl methyl sites for hydroxylation is 2. The minimum absolute atomic E-state index is 0.0928. The molecule has 158 valence electrons. The third kappa shape index (κ3) is 4.60. The molecule has 5 nitrogen and oxygen atoms in total. The first-order valence-electron chi connectivity index (χ1n) is 10.2. The molecule has 31 heavy (non-hydrogen) atoms. The summed E-state index contributed by atoms with van der Waals surface area (Å²) in [5, 5.41) is 9.55. The standard InChI is InChI=1S/C25H26N4OS/c1-16-6-7-18(13-26)9-23(16)25(30)28-17(2)19-10-20(22-14-27-29(3)15-22)12-21(11-19)24-5-4-8-31-24/h4-12,14-15,17H,13,26H2,1-3H3,(H,28,30). The van der Waals surface area contributed by atoms with Crippen LogP contribution in [0.15, 0.2) is 66.3 Å². The van der Waals surface area contributed by atoms with Gasteiger partial charge in [-0.05, 0) is 77.4 Å². The van der Waals surface area contributed by atoms with Crippen molar-refractivity contribution in [1.29, 1.82) is 0 Å². The van der Waals surface area contributed by atoms with Gasteiger partial charge in [0.05, 0.1) is 12.2 Å². The highest BCUT2D eigenvalue weighted by Gasteiger charge is 2.16. The summed E-state index contributed by atoms with van der Waals surface area (Å²) in [5.74, 6) is -0.0928. The number of nitrogens with two attached hydrogens (primary N) is 1. The van der Waals surface area contributed by atoms with Crippen molar-refractivity contribution in [2.75, 3.05) is 0 Å². The second-order valence-electron chi connectivity index (χ2n) is 7.77. The molecule has 6 heteroatoms. The zero-order valence-corrected chi connectivity index (χ0v) is 18.7. The zero-order valence-electron chi connectivity index (χ0n) is 17.9. The predicted molar refractivity (Wildman–Crippen MR) is 127 cm³/mol. The van der Waals surface area contributed by atoms with Gasteiger partial charge >= 0.3 is 0 Å². The fraction of sp³-hybridized carbons (Fsp3) is 0.200. The van der Waals surface area contributed by atoms with Crippen LogP contribution in [0.3, 0.4) is 0 Å². The van der Waals surface area contributed by atoms with Gasteiger partial charge in [-0.25, -0.2) is 0 Å². The summed E-state index contributed by atoms with van der Waals surface area (Å²) in [6.45, 7) is 4.37. The molecule has 2 aromatic carbocycles. The molecule has 2 aromatic heterocycles. The van der Waals surface area contributed by atoms with Gasteiger partial charge in [-0.15, -0.1) is 11.3 Å². The summed E-state index contributed by atoms with van der Waals surface area (Å²) in [4.78, 5) is 14.2. The summed E-state index contributed by atoms with van der Waals surface area (Å²) in [7, 11) is 1.91. The Bertz CT molecular complexity index is 1210. The number of benzene rings is 2. The van der Waals surface area contributed by atoms with Crippen LogP contribution in [0.1, 0.15) is 40.0 Å². The van der Waals surface area contributed by atoms with E-state index in [1.165, 1.54) is 4.88 Å². The lowest BCUT2D eigenvalue weighted by Gasteiger charge is -2.18. The molecule has 0 saturated heterocycles. The molecule has 1 unspecified atom stereocenters. The number of carbonyl (C=O) groups excluding carboxylic acids is 1. The summed E-state index contributed by atoms with van der Waals surface area (Å²) < 4.78 is 1.80. The molecule has 0 saturated carbocycles. The van der Waals surface area contributed by atoms with Crippen LogP contribution in [0, 0.1) is 6.92 Å². The van der Waals surface area contributed by atoms with E-state index in [2.05, 4.69) is 46.1 Å². The Hall–Kier alpha value is -3.22. The van der Waals surface area contributed by atoms with Crippen molar-refractivity contribution in [1.82, 2.24) is 15.1 Å². The number of carbonyl (C=O) groups is 1. The molecular weight excluding hydrogens is 404 g/mol. The average Bonchev–Trinajstić information content (AvgIpc) is 3.46. The van der Waals surface area contributed by atoms with Crippen molar-refractivity contribution in [2.24, 2.45) is 12.8 Å². The molecule has 0 bridgehead atoms. The van der Waals surface area contributed by atoms with Gasteiger partial charge in [-0.3, -0.25) is 9.48 Å². The summed E-state index contributed by atoms with van der Waals surface area (Å²) in [6, 6.07) is 16.2. The van der Waals surface area contributed by atoms with Crippen LogP contribution in [0.4, 0.5) is 0 Å². The predicted octanol–water partition coefficient (Wildman–Crippen LogP) is 5.07. The van der Waals surface area contributed by atoms with Crippen LogP contribution in [0.5, 0.6) is 0 Å². The van der Waals surface area contributed by atoms with Crippen molar-refractivity contribution >= 4 is 17.2 Å². The number of hydrogen-bond acceptors (Lipinski definition) is 4. The van der Waals surface area contributed by atoms with E-state index in [0.717, 1.165) is 33.4 Å². The summed E-state index contributed by atoms with van der Waals surface area (Å²) in [5.41, 5.74) is 12.6. The van der Waals surface area contributed by atoms with Crippen LogP contribution in [0.2, 0.25) is 0 Å². The topological polar surface area (TPSA) is 72.9 Å². The van der Waals surface area contributed by atoms with Crippen molar-refractivity contribution in [3.63, 3.8) is 0 Å². The number of aromatic nitrogens is 2. The fourth-order valence-electron chi connectivity index (χ4n) is 3.62. The lowest BCUT2D eigenvalue weighted by molar-refractivity contribution is 0.0939. The van der Waals surface area contributed by atoms with Crippen molar-refractivity contribution in [3.8, 4) is 21.6 Å². The monoisotopic (exact) mass is 430 g/mol. The van der Waals surface area contributed by atoms with Gasteiger partial charge < -0.3 is 11.1 Å². The normalized spacial score (nSPS) is 12.0. The smallest absolute Gasteiger partial charge is 0.252 e. The second kappa shape index (κ2) is 8.88. The summed E-state index contributed by atoms with van der Waals surface area (Å²) in [6.07, 6.45) is 3.87. The first kappa shape index (κ1) is 21.0. The Morgan fingerprint density at radius 3 is 2.65 bits per heavy atom. The molecule has 3 N–H and O–H groups in total. The number of hydrogen-bond donors (Lipinski definition) is 2. The van der Waals surface area contributed by atoms with Gasteiger partial charge in [0, 0.05) is 35.8 Å². The van der Waals surface area contributed by atoms with E-state index in [-0.39, 0.29) is 11.9 Å². The van der Waals surface area contributed by atoms with Crippen molar-refractivity contribution in [3.05, 3.63) is 88.6 Å². The van der Waals surface area contributed by atoms with E-state index in [4.69, 9.17) is 5.73 Å². The van der Waals surface area contributed by atoms with E-state index in [1.54, 1.807) is 16.0 Å². The van der Waals surface area contributed by atoms with Gasteiger partial charge in [0.1, 0.15) is 0 Å². The molecule has 4 rings (SSSR count). The largest absolute Gasteiger partial charge is 0.346 e. The molecule has 1 amide bonds. The molecule has 0 aliphatic rings. The third-order valence-corrected chi connectivity index (χ3v) is 6.35. The van der Waals surface area contributed by atoms with E-state index in [0.29, 0.717) is 12.1 Å². The van der Waals surface area contributed by atoms with Gasteiger partial charge in [0.25, 0.3) is 5.91 Å². The van der Waals surface area contributed by atoms with Crippen molar-refractivity contribution in [2.45, 2.75) is 26.4 Å². The Kier molecular flexibility index (Phi) is 6.02. The van der Waals surface area contributed by atoms with E-state index in [9.17, 15) is 4.79 Å². The third-order valence-electron chi connectivity index (χ3n) is 5.43. The van der Waals surface area contributed by atoms with Gasteiger partial charge in [0.15, 0.2) is 0 Å². The quantitative estimate of drug-likeness (QED) is 0.448. The van der Waals surface area contributed by atoms with Gasteiger partial charge in [-0.2, -0.15) is 5.10 Å². The van der Waals surface area contributed by atoms with E-state index < -0.39 is 0 Å². The Morgan fingerprint density at radius 1 is 1.16 bits per heavy atom. The molecule has 0 spiro atoms. The van der Waals surface area contributed by atoms with E-state index in [1.807, 2.05) is 51.5 Å². The van der Waals surface area contributed by atoms with Crippen LogP contribution < -0.4 is 11.1 Å². The highest BCUT2D eigenvalue weighted by Crippen LogP contribution is 2.32. The number of rotatable bonds is 6. The molecule has 0 radical (unpaired) electrons. The molecule has 0 aliphatic heterocycles. The number of nitrogens with one attached hydrogen (secondary N) is 1. The first-order valence-corrected chi connectivity index (χ1v) is 11.1. The Labute approximate surface area is 186 Å². The molecule has 1 atom stereocenters. The van der Waals surface area contributed by atoms with Gasteiger partial charge in [0.2, 0.25) is 0 Å². The maximum absolute atomic E-state index is 13.0. The SMILES string of the molecule is Cc1ccc(CN)cc1C(=O)NC(C)c1cc(-c2cnn(C)c2)cc(-c2cccs2)c1. The minimum Gasteiger partial charge on any atom is -0.346 e. The van der Waals surface area contributed by atoms with Crippen LogP contribution >= 0.6 is 11.3 Å². The maximum Gasteiger partial charge on any atom is 0.252 e. The maximum atomic E-state index is 13.0. The molecule has 0 aliphatic carbocycles. The Balaban J connectivity index is 1.68. The Morgan fingerprint density at radius 2 is 1.97 bits per heavy atom. The van der Waals surface area contributed by atoms with Crippen LogP contribution in [-0.2, 0) is 13.6 Å². The van der Waals surface area contributed by atoms with Crippen LogP contribution in [0.25, 0.3) is 21.6 Å². The summed E-state index contributed by atoms with van der Waals surface area (Å²) >= 11 is 1.70. The first-order chi connectivity index (χ1) is 14.9. The van der Waals surface area contributed by atoms with Gasteiger partial charge in [-0.1, -0.05) is 18.2 Å². The highest BCUT2D eigenvalue weighted by molar-refractivity contribution is 7.13. The van der Waals surface area contributed by atoms with Crippen molar-refractivity contribution < 1.29 is 4.79 Å². The molecule has 4 aromatic rings. The lowest BCUT2D eigenvalue weighted by Crippen LogP contribution is -2.27. The molecule has 0 fully saturated rings. The highest BCUT2D eigenvalue weighted by atomic mass is 32.1. The average molecular weight is 431 g/mol. The zero-order chi connectivity index (χ0) is 22.0. The second-order valence-corrected chi connectivity index (χ2v) is 8.72.